The topological polar surface area (TPSA) is 90.5 Å². The number of amides is 1. The highest BCUT2D eigenvalue weighted by molar-refractivity contribution is 6.06. The monoisotopic (exact) mass is 478 g/mol. The third-order valence-corrected chi connectivity index (χ3v) is 7.10. The molecule has 0 aliphatic carbocycles. The number of carbonyl (C=O) groups excluding carboxylic acids is 1. The predicted octanol–water partition coefficient (Wildman–Crippen LogP) is 4.18. The second kappa shape index (κ2) is 11.3. The Balaban J connectivity index is 1.62. The number of nitrogens with zero attached hydrogens (tertiary/aromatic N) is 2. The Bertz CT molecular complexity index is 1150. The maximum atomic E-state index is 12.9. The number of hydrogen-bond donors (Lipinski definition) is 3. The predicted molar refractivity (Wildman–Crippen MR) is 139 cm³/mol. The number of H-pyrrole nitrogens is 1. The number of benzene rings is 1. The van der Waals surface area contributed by atoms with Crippen molar-refractivity contribution in [1.82, 2.24) is 20.2 Å². The quantitative estimate of drug-likeness (QED) is 0.429. The number of aromatic nitrogens is 2. The molecular weight excluding hydrogens is 440 g/mol. The number of nitrogens with one attached hydrogen (secondary N) is 2. The molecule has 1 fully saturated rings. The minimum absolute atomic E-state index is 0.0298. The van der Waals surface area contributed by atoms with Gasteiger partial charge in [-0.2, -0.15) is 0 Å². The SMILES string of the molecule is CC(C)[C@@H](CO)CNC(=O)c1c[nH]c2ncc(-c3ccc(C4CCOCC4)c(CN(C)C)c3)cc12. The van der Waals surface area contributed by atoms with E-state index in [1.54, 1.807) is 6.20 Å². The lowest BCUT2D eigenvalue weighted by molar-refractivity contribution is 0.0850. The first-order valence-corrected chi connectivity index (χ1v) is 12.6. The van der Waals surface area contributed by atoms with E-state index >= 15 is 0 Å². The Morgan fingerprint density at radius 3 is 2.69 bits per heavy atom. The molecule has 7 heteroatoms. The smallest absolute Gasteiger partial charge is 0.253 e. The van der Waals surface area contributed by atoms with Gasteiger partial charge in [0.1, 0.15) is 5.65 Å². The number of pyridine rings is 1. The average molecular weight is 479 g/mol. The van der Waals surface area contributed by atoms with Gasteiger partial charge in [-0.15, -0.1) is 0 Å². The van der Waals surface area contributed by atoms with Crippen molar-refractivity contribution in [2.24, 2.45) is 11.8 Å². The summed E-state index contributed by atoms with van der Waals surface area (Å²) in [5.74, 6) is 0.693. The molecule has 3 aromatic rings. The van der Waals surface area contributed by atoms with Crippen LogP contribution in [0.25, 0.3) is 22.2 Å². The van der Waals surface area contributed by atoms with E-state index in [1.807, 2.05) is 26.1 Å². The number of aromatic amines is 1. The van der Waals surface area contributed by atoms with Gasteiger partial charge in [0.2, 0.25) is 0 Å². The van der Waals surface area contributed by atoms with Crippen LogP contribution in [0.5, 0.6) is 0 Å². The summed E-state index contributed by atoms with van der Waals surface area (Å²) in [7, 11) is 4.19. The van der Waals surface area contributed by atoms with Crippen molar-refractivity contribution >= 4 is 16.9 Å². The lowest BCUT2D eigenvalue weighted by atomic mass is 9.86. The summed E-state index contributed by atoms with van der Waals surface area (Å²) in [4.78, 5) is 22.9. The van der Waals surface area contributed by atoms with E-state index in [0.717, 1.165) is 49.1 Å². The van der Waals surface area contributed by atoms with Gasteiger partial charge in [-0.1, -0.05) is 26.0 Å². The second-order valence-corrected chi connectivity index (χ2v) is 10.3. The molecule has 188 valence electrons. The third kappa shape index (κ3) is 5.92. The Morgan fingerprint density at radius 2 is 2.00 bits per heavy atom. The lowest BCUT2D eigenvalue weighted by Gasteiger charge is -2.26. The molecule has 7 nitrogen and oxygen atoms in total. The number of rotatable bonds is 9. The van der Waals surface area contributed by atoms with Gasteiger partial charge in [0.15, 0.2) is 0 Å². The molecule has 2 aromatic heterocycles. The summed E-state index contributed by atoms with van der Waals surface area (Å²) >= 11 is 0. The minimum atomic E-state index is -0.155. The maximum Gasteiger partial charge on any atom is 0.253 e. The molecule has 35 heavy (non-hydrogen) atoms. The fourth-order valence-corrected chi connectivity index (χ4v) is 4.85. The van der Waals surface area contributed by atoms with Gasteiger partial charge in [-0.25, -0.2) is 4.98 Å². The summed E-state index contributed by atoms with van der Waals surface area (Å²) < 4.78 is 5.58. The van der Waals surface area contributed by atoms with Gasteiger partial charge in [-0.3, -0.25) is 4.79 Å². The van der Waals surface area contributed by atoms with Crippen LogP contribution in [0, 0.1) is 11.8 Å². The number of aliphatic hydroxyl groups is 1. The highest BCUT2D eigenvalue weighted by Gasteiger charge is 2.21. The van der Waals surface area contributed by atoms with Gasteiger partial charge >= 0.3 is 0 Å². The summed E-state index contributed by atoms with van der Waals surface area (Å²) in [5.41, 5.74) is 6.08. The summed E-state index contributed by atoms with van der Waals surface area (Å²) in [5, 5.41) is 13.4. The number of hydrogen-bond acceptors (Lipinski definition) is 5. The average Bonchev–Trinajstić information content (AvgIpc) is 3.27. The zero-order valence-corrected chi connectivity index (χ0v) is 21.3. The summed E-state index contributed by atoms with van der Waals surface area (Å²) in [6, 6.07) is 8.75. The van der Waals surface area contributed by atoms with Gasteiger partial charge < -0.3 is 25.0 Å². The number of fused-ring (bicyclic) bond motifs is 1. The van der Waals surface area contributed by atoms with Crippen LogP contribution in [0.15, 0.2) is 36.7 Å². The zero-order chi connectivity index (χ0) is 24.9. The molecule has 0 bridgehead atoms. The van der Waals surface area contributed by atoms with Crippen LogP contribution in [0.3, 0.4) is 0 Å². The largest absolute Gasteiger partial charge is 0.396 e. The van der Waals surface area contributed by atoms with Crippen LogP contribution in [0.2, 0.25) is 0 Å². The molecule has 0 spiro atoms. The fraction of sp³-hybridized carbons (Fsp3) is 0.500. The Hall–Kier alpha value is -2.74. The Kier molecular flexibility index (Phi) is 8.21. The van der Waals surface area contributed by atoms with Crippen LogP contribution in [-0.4, -0.2) is 66.3 Å². The first kappa shape index (κ1) is 25.4. The molecule has 1 aromatic carbocycles. The normalized spacial score (nSPS) is 15.7. The van der Waals surface area contributed by atoms with E-state index in [-0.39, 0.29) is 24.3 Å². The van der Waals surface area contributed by atoms with Gasteiger partial charge in [0.25, 0.3) is 5.91 Å². The van der Waals surface area contributed by atoms with Crippen LogP contribution < -0.4 is 5.32 Å². The standard InChI is InChI=1S/C28H38N4O3/c1-18(2)23(17-33)14-31-28(34)26-15-30-27-25(26)12-21(13-29-27)20-5-6-24(19-7-9-35-10-8-19)22(11-20)16-32(3)4/h5-6,11-13,15,18-19,23,33H,7-10,14,16-17H2,1-4H3,(H,29,30)(H,31,34)/t23-/m1/s1. The van der Waals surface area contributed by atoms with Crippen molar-refractivity contribution in [3.05, 3.63) is 53.3 Å². The van der Waals surface area contributed by atoms with Crippen molar-refractivity contribution < 1.29 is 14.6 Å². The van der Waals surface area contributed by atoms with Gasteiger partial charge in [0, 0.05) is 62.2 Å². The van der Waals surface area contributed by atoms with Crippen molar-refractivity contribution in [1.29, 1.82) is 0 Å². The van der Waals surface area contributed by atoms with Crippen LogP contribution in [-0.2, 0) is 11.3 Å². The molecule has 1 aliphatic rings. The van der Waals surface area contributed by atoms with E-state index in [2.05, 4.69) is 52.5 Å². The van der Waals surface area contributed by atoms with Crippen molar-refractivity contribution in [2.45, 2.75) is 39.2 Å². The van der Waals surface area contributed by atoms with E-state index in [1.165, 1.54) is 11.1 Å². The minimum Gasteiger partial charge on any atom is -0.396 e. The molecule has 1 atom stereocenters. The van der Waals surface area contributed by atoms with Crippen molar-refractivity contribution in [2.75, 3.05) is 40.5 Å². The molecule has 4 rings (SSSR count). The third-order valence-electron chi connectivity index (χ3n) is 7.10. The van der Waals surface area contributed by atoms with E-state index in [4.69, 9.17) is 4.74 Å². The number of ether oxygens (including phenoxy) is 1. The Labute approximate surface area is 207 Å². The molecule has 3 N–H and O–H groups in total. The van der Waals surface area contributed by atoms with Crippen LogP contribution in [0.4, 0.5) is 0 Å². The maximum absolute atomic E-state index is 12.9. The van der Waals surface area contributed by atoms with Gasteiger partial charge in [-0.05, 0) is 67.6 Å². The molecule has 0 radical (unpaired) electrons. The number of aliphatic hydroxyl groups excluding tert-OH is 1. The molecular formula is C28H38N4O3. The first-order chi connectivity index (χ1) is 16.9. The van der Waals surface area contributed by atoms with Crippen molar-refractivity contribution in [3.63, 3.8) is 0 Å². The molecule has 0 unspecified atom stereocenters. The van der Waals surface area contributed by atoms with E-state index in [0.29, 0.717) is 23.7 Å². The first-order valence-electron chi connectivity index (χ1n) is 12.6. The molecule has 0 saturated carbocycles. The highest BCUT2D eigenvalue weighted by Crippen LogP contribution is 2.33. The Morgan fingerprint density at radius 1 is 1.23 bits per heavy atom. The zero-order valence-electron chi connectivity index (χ0n) is 21.3. The molecule has 1 saturated heterocycles. The fourth-order valence-electron chi connectivity index (χ4n) is 4.85. The van der Waals surface area contributed by atoms with Crippen molar-refractivity contribution in [3.8, 4) is 11.1 Å². The summed E-state index contributed by atoms with van der Waals surface area (Å²) in [6.45, 7) is 7.10. The highest BCUT2D eigenvalue weighted by atomic mass is 16.5. The molecule has 3 heterocycles. The van der Waals surface area contributed by atoms with E-state index < -0.39 is 0 Å². The molecule has 1 aliphatic heterocycles. The van der Waals surface area contributed by atoms with Crippen LogP contribution in [0.1, 0.15) is 54.1 Å². The summed E-state index contributed by atoms with van der Waals surface area (Å²) in [6.07, 6.45) is 5.70. The lowest BCUT2D eigenvalue weighted by Crippen LogP contribution is -2.33. The number of carbonyl (C=O) groups is 1. The van der Waals surface area contributed by atoms with E-state index in [9.17, 15) is 9.90 Å². The second-order valence-electron chi connectivity index (χ2n) is 10.3. The molecule has 1 amide bonds. The van der Waals surface area contributed by atoms with Crippen LogP contribution >= 0.6 is 0 Å². The van der Waals surface area contributed by atoms with Gasteiger partial charge in [0.05, 0.1) is 5.56 Å².